The van der Waals surface area contributed by atoms with Gasteiger partial charge in [0.2, 0.25) is 0 Å². The van der Waals surface area contributed by atoms with E-state index in [4.69, 9.17) is 4.74 Å². The van der Waals surface area contributed by atoms with Crippen LogP contribution in [0, 0.1) is 6.92 Å². The first-order chi connectivity index (χ1) is 9.24. The van der Waals surface area contributed by atoms with Crippen molar-refractivity contribution in [3.05, 3.63) is 29.7 Å². The lowest BCUT2D eigenvalue weighted by Gasteiger charge is -2.30. The Morgan fingerprint density at radius 3 is 3.16 bits per heavy atom. The van der Waals surface area contributed by atoms with Gasteiger partial charge in [-0.2, -0.15) is 5.10 Å². The van der Waals surface area contributed by atoms with Gasteiger partial charge in [0, 0.05) is 12.6 Å². The Balaban J connectivity index is 1.73. The quantitative estimate of drug-likeness (QED) is 0.837. The zero-order chi connectivity index (χ0) is 13.2. The third-order valence-corrected chi connectivity index (χ3v) is 2.91. The van der Waals surface area contributed by atoms with Gasteiger partial charge < -0.3 is 14.2 Å². The van der Waals surface area contributed by atoms with E-state index in [1.807, 2.05) is 6.92 Å². The van der Waals surface area contributed by atoms with Crippen LogP contribution in [0.1, 0.15) is 28.2 Å². The van der Waals surface area contributed by atoms with Crippen LogP contribution in [0.3, 0.4) is 0 Å². The normalized spacial score (nSPS) is 19.6. The van der Waals surface area contributed by atoms with Gasteiger partial charge in [0.25, 0.3) is 5.91 Å². The fraction of sp³-hybridized carbons (Fsp3) is 0.455. The molecule has 1 amide bonds. The Morgan fingerprint density at radius 2 is 2.47 bits per heavy atom. The van der Waals surface area contributed by atoms with E-state index >= 15 is 0 Å². The van der Waals surface area contributed by atoms with Gasteiger partial charge in [0.15, 0.2) is 11.5 Å². The summed E-state index contributed by atoms with van der Waals surface area (Å²) >= 11 is 0. The van der Waals surface area contributed by atoms with Gasteiger partial charge in [-0.1, -0.05) is 5.16 Å². The van der Waals surface area contributed by atoms with E-state index in [0.717, 1.165) is 5.82 Å². The summed E-state index contributed by atoms with van der Waals surface area (Å²) in [6.07, 6.45) is 1.07. The molecule has 1 aliphatic rings. The third kappa shape index (κ3) is 2.34. The summed E-state index contributed by atoms with van der Waals surface area (Å²) in [7, 11) is 0. The number of carbonyl (C=O) groups is 1. The Morgan fingerprint density at radius 1 is 1.58 bits per heavy atom. The molecule has 8 heteroatoms. The zero-order valence-corrected chi connectivity index (χ0v) is 10.4. The van der Waals surface area contributed by atoms with Crippen molar-refractivity contribution in [1.82, 2.24) is 25.2 Å². The molecule has 2 aromatic rings. The fourth-order valence-corrected chi connectivity index (χ4v) is 1.98. The van der Waals surface area contributed by atoms with Crippen molar-refractivity contribution in [3.8, 4) is 0 Å². The van der Waals surface area contributed by atoms with Crippen molar-refractivity contribution in [1.29, 1.82) is 0 Å². The summed E-state index contributed by atoms with van der Waals surface area (Å²) in [5.74, 6) is 1.11. The molecule has 0 unspecified atom stereocenters. The van der Waals surface area contributed by atoms with E-state index in [9.17, 15) is 4.79 Å². The van der Waals surface area contributed by atoms with E-state index < -0.39 is 0 Å². The highest BCUT2D eigenvalue weighted by atomic mass is 16.5. The first kappa shape index (κ1) is 11.8. The maximum absolute atomic E-state index is 12.1. The number of nitrogens with zero attached hydrogens (tertiary/aromatic N) is 4. The summed E-state index contributed by atoms with van der Waals surface area (Å²) in [6.45, 7) is 3.19. The number of morpholine rings is 1. The lowest BCUT2D eigenvalue weighted by atomic mass is 10.2. The van der Waals surface area contributed by atoms with E-state index in [1.54, 1.807) is 11.0 Å². The monoisotopic (exact) mass is 263 g/mol. The second kappa shape index (κ2) is 4.81. The predicted octanol–water partition coefficient (Wildman–Crippen LogP) is 0.315. The average Bonchev–Trinajstić information content (AvgIpc) is 3.09. The van der Waals surface area contributed by atoms with Gasteiger partial charge in [0.05, 0.1) is 13.2 Å². The number of hydrogen-bond acceptors (Lipinski definition) is 6. The summed E-state index contributed by atoms with van der Waals surface area (Å²) in [6, 6.07) is 1.55. The number of hydrogen-bond donors (Lipinski definition) is 1. The molecule has 0 bridgehead atoms. The molecule has 19 heavy (non-hydrogen) atoms. The maximum atomic E-state index is 12.1. The molecule has 1 N–H and O–H groups in total. The van der Waals surface area contributed by atoms with Gasteiger partial charge in [-0.15, -0.1) is 0 Å². The number of carbonyl (C=O) groups excluding carboxylic acids is 1. The molecule has 0 aliphatic carbocycles. The molecule has 3 heterocycles. The van der Waals surface area contributed by atoms with Crippen LogP contribution in [0.25, 0.3) is 0 Å². The smallest absolute Gasteiger partial charge is 0.276 e. The van der Waals surface area contributed by atoms with E-state index in [1.165, 1.54) is 6.26 Å². The molecule has 0 radical (unpaired) electrons. The Labute approximate surface area is 108 Å². The summed E-state index contributed by atoms with van der Waals surface area (Å²) in [4.78, 5) is 18.0. The number of nitrogens with one attached hydrogen (secondary N) is 1. The van der Waals surface area contributed by atoms with E-state index in [2.05, 4.69) is 24.9 Å². The number of ether oxygens (including phenoxy) is 1. The van der Waals surface area contributed by atoms with Crippen molar-refractivity contribution in [2.75, 3.05) is 19.7 Å². The second-order valence-electron chi connectivity index (χ2n) is 4.27. The Bertz CT molecular complexity index is 565. The van der Waals surface area contributed by atoms with Gasteiger partial charge in [0.1, 0.15) is 18.2 Å². The number of aromatic nitrogens is 4. The Hall–Kier alpha value is -2.22. The van der Waals surface area contributed by atoms with Crippen molar-refractivity contribution in [3.63, 3.8) is 0 Å². The average molecular weight is 263 g/mol. The molecule has 1 atom stereocenters. The number of H-pyrrole nitrogens is 1. The van der Waals surface area contributed by atoms with Gasteiger partial charge in [-0.3, -0.25) is 9.89 Å². The predicted molar refractivity (Wildman–Crippen MR) is 62.2 cm³/mol. The minimum Gasteiger partial charge on any atom is -0.366 e. The third-order valence-electron chi connectivity index (χ3n) is 2.91. The van der Waals surface area contributed by atoms with Crippen LogP contribution in [0.2, 0.25) is 0 Å². The lowest BCUT2D eigenvalue weighted by Crippen LogP contribution is -2.42. The number of aryl methyl sites for hydroxylation is 1. The molecule has 1 aliphatic heterocycles. The first-order valence-corrected chi connectivity index (χ1v) is 5.94. The number of aromatic amines is 1. The van der Waals surface area contributed by atoms with Crippen molar-refractivity contribution >= 4 is 5.91 Å². The summed E-state index contributed by atoms with van der Waals surface area (Å²) in [5.41, 5.74) is 0.298. The van der Waals surface area contributed by atoms with Crippen LogP contribution in [0.4, 0.5) is 0 Å². The molecular weight excluding hydrogens is 250 g/mol. The minimum absolute atomic E-state index is 0.172. The summed E-state index contributed by atoms with van der Waals surface area (Å²) in [5, 5.41) is 10.5. The van der Waals surface area contributed by atoms with Gasteiger partial charge >= 0.3 is 0 Å². The number of amides is 1. The minimum atomic E-state index is -0.311. The second-order valence-corrected chi connectivity index (χ2v) is 4.27. The summed E-state index contributed by atoms with van der Waals surface area (Å²) < 4.78 is 10.3. The lowest BCUT2D eigenvalue weighted by molar-refractivity contribution is -0.0269. The molecule has 3 rings (SSSR count). The van der Waals surface area contributed by atoms with Crippen LogP contribution in [-0.2, 0) is 4.74 Å². The standard InChI is InChI=1S/C11H13N5O3/c1-7-12-10(14-13-7)9-6-16(3-5-18-9)11(17)8-2-4-19-15-8/h2,4,9H,3,5-6H2,1H3,(H,12,13,14)/t9-/m1/s1. The molecule has 2 aromatic heterocycles. The van der Waals surface area contributed by atoms with Crippen LogP contribution in [0.15, 0.2) is 16.9 Å². The van der Waals surface area contributed by atoms with Gasteiger partial charge in [-0.25, -0.2) is 4.98 Å². The maximum Gasteiger partial charge on any atom is 0.276 e. The first-order valence-electron chi connectivity index (χ1n) is 5.94. The van der Waals surface area contributed by atoms with E-state index in [-0.39, 0.29) is 12.0 Å². The molecule has 0 spiro atoms. The van der Waals surface area contributed by atoms with E-state index in [0.29, 0.717) is 31.2 Å². The molecule has 0 aromatic carbocycles. The molecule has 100 valence electrons. The number of rotatable bonds is 2. The highest BCUT2D eigenvalue weighted by Crippen LogP contribution is 2.20. The molecule has 0 saturated carbocycles. The molecular formula is C11H13N5O3. The SMILES string of the molecule is Cc1nc([C@H]2CN(C(=O)c3ccon3)CCO2)n[nH]1. The van der Waals surface area contributed by atoms with Crippen LogP contribution in [0.5, 0.6) is 0 Å². The highest BCUT2D eigenvalue weighted by Gasteiger charge is 2.29. The van der Waals surface area contributed by atoms with Crippen LogP contribution < -0.4 is 0 Å². The zero-order valence-electron chi connectivity index (χ0n) is 10.4. The molecule has 1 fully saturated rings. The Kier molecular flexibility index (Phi) is 3.00. The van der Waals surface area contributed by atoms with Crippen LogP contribution in [-0.4, -0.2) is 50.8 Å². The largest absolute Gasteiger partial charge is 0.366 e. The van der Waals surface area contributed by atoms with Gasteiger partial charge in [-0.05, 0) is 6.92 Å². The van der Waals surface area contributed by atoms with Crippen molar-refractivity contribution in [2.24, 2.45) is 0 Å². The highest BCUT2D eigenvalue weighted by molar-refractivity contribution is 5.92. The fourth-order valence-electron chi connectivity index (χ4n) is 1.98. The molecule has 1 saturated heterocycles. The van der Waals surface area contributed by atoms with Crippen LogP contribution >= 0.6 is 0 Å². The topological polar surface area (TPSA) is 97.1 Å². The molecule has 8 nitrogen and oxygen atoms in total. The van der Waals surface area contributed by atoms with Crippen molar-refractivity contribution in [2.45, 2.75) is 13.0 Å². The van der Waals surface area contributed by atoms with Crippen molar-refractivity contribution < 1.29 is 14.1 Å².